The SMILES string of the molecule is CCCCCCCCCCOc1cccc2oc(C(=O)O)cc(=O)c12. The number of benzene rings is 1. The average Bonchev–Trinajstić information content (AvgIpc) is 2.60. The zero-order chi connectivity index (χ0) is 18.1. The highest BCUT2D eigenvalue weighted by Gasteiger charge is 2.13. The lowest BCUT2D eigenvalue weighted by Gasteiger charge is -2.09. The molecule has 2 rings (SSSR count). The fraction of sp³-hybridized carbons (Fsp3) is 0.500. The minimum atomic E-state index is -1.26. The van der Waals surface area contributed by atoms with E-state index < -0.39 is 11.4 Å². The lowest BCUT2D eigenvalue weighted by Crippen LogP contribution is -2.08. The second-order valence-corrected chi connectivity index (χ2v) is 6.23. The maximum atomic E-state index is 12.2. The minimum absolute atomic E-state index is 0.235. The van der Waals surface area contributed by atoms with Crippen molar-refractivity contribution >= 4 is 16.9 Å². The molecule has 0 atom stereocenters. The molecule has 0 aliphatic rings. The molecule has 2 aromatic rings. The van der Waals surface area contributed by atoms with Crippen molar-refractivity contribution in [2.45, 2.75) is 58.3 Å². The number of carboxylic acid groups (broad SMARTS) is 1. The summed E-state index contributed by atoms with van der Waals surface area (Å²) >= 11 is 0. The summed E-state index contributed by atoms with van der Waals surface area (Å²) in [6.45, 7) is 2.75. The number of fused-ring (bicyclic) bond motifs is 1. The van der Waals surface area contributed by atoms with Crippen molar-refractivity contribution < 1.29 is 19.1 Å². The summed E-state index contributed by atoms with van der Waals surface area (Å²) in [6.07, 6.45) is 9.69. The number of ether oxygens (including phenoxy) is 1. The Balaban J connectivity index is 1.87. The van der Waals surface area contributed by atoms with Crippen molar-refractivity contribution in [2.75, 3.05) is 6.61 Å². The van der Waals surface area contributed by atoms with Crippen LogP contribution in [0.15, 0.2) is 33.5 Å². The smallest absolute Gasteiger partial charge is 0.371 e. The first kappa shape index (κ1) is 19.0. The molecule has 5 heteroatoms. The van der Waals surface area contributed by atoms with Crippen LogP contribution in [0.25, 0.3) is 11.0 Å². The number of unbranched alkanes of at least 4 members (excludes halogenated alkanes) is 7. The quantitative estimate of drug-likeness (QED) is 0.579. The van der Waals surface area contributed by atoms with Crippen LogP contribution < -0.4 is 10.2 Å². The Labute approximate surface area is 147 Å². The third kappa shape index (κ3) is 5.62. The summed E-state index contributed by atoms with van der Waals surface area (Å²) in [7, 11) is 0. The van der Waals surface area contributed by atoms with Gasteiger partial charge in [-0.3, -0.25) is 4.79 Å². The van der Waals surface area contributed by atoms with Crippen molar-refractivity contribution in [3.8, 4) is 5.75 Å². The second-order valence-electron chi connectivity index (χ2n) is 6.23. The van der Waals surface area contributed by atoms with Gasteiger partial charge < -0.3 is 14.3 Å². The summed E-state index contributed by atoms with van der Waals surface area (Å²) in [5.41, 5.74) is -0.163. The van der Waals surface area contributed by atoms with Gasteiger partial charge in [-0.2, -0.15) is 0 Å². The van der Waals surface area contributed by atoms with Gasteiger partial charge in [0.2, 0.25) is 5.76 Å². The Bertz CT molecular complexity index is 747. The molecule has 0 unspecified atom stereocenters. The highest BCUT2D eigenvalue weighted by molar-refractivity contribution is 5.89. The Morgan fingerprint density at radius 3 is 2.44 bits per heavy atom. The Morgan fingerprint density at radius 2 is 1.76 bits per heavy atom. The molecule has 1 aromatic heterocycles. The van der Waals surface area contributed by atoms with Gasteiger partial charge in [0.25, 0.3) is 0 Å². The predicted molar refractivity (Wildman–Crippen MR) is 97.5 cm³/mol. The van der Waals surface area contributed by atoms with Gasteiger partial charge in [-0.1, -0.05) is 57.9 Å². The van der Waals surface area contributed by atoms with Crippen LogP contribution >= 0.6 is 0 Å². The highest BCUT2D eigenvalue weighted by Crippen LogP contribution is 2.23. The molecule has 0 aliphatic heterocycles. The summed E-state index contributed by atoms with van der Waals surface area (Å²) in [6, 6.07) is 5.98. The monoisotopic (exact) mass is 346 g/mol. The molecule has 1 heterocycles. The van der Waals surface area contributed by atoms with Gasteiger partial charge >= 0.3 is 5.97 Å². The van der Waals surface area contributed by atoms with Gasteiger partial charge in [-0.25, -0.2) is 4.79 Å². The normalized spacial score (nSPS) is 10.9. The zero-order valence-electron chi connectivity index (χ0n) is 14.8. The van der Waals surface area contributed by atoms with Crippen LogP contribution in [-0.4, -0.2) is 17.7 Å². The molecule has 0 spiro atoms. The first-order valence-electron chi connectivity index (χ1n) is 9.06. The van der Waals surface area contributed by atoms with E-state index in [9.17, 15) is 9.59 Å². The molecule has 136 valence electrons. The molecule has 0 radical (unpaired) electrons. The molecular formula is C20H26O5. The number of hydrogen-bond donors (Lipinski definition) is 1. The molecule has 0 bridgehead atoms. The molecule has 1 aromatic carbocycles. The van der Waals surface area contributed by atoms with Gasteiger partial charge in [0.15, 0.2) is 5.43 Å². The van der Waals surface area contributed by atoms with Crippen LogP contribution in [-0.2, 0) is 0 Å². The van der Waals surface area contributed by atoms with E-state index in [0.717, 1.165) is 18.9 Å². The van der Waals surface area contributed by atoms with Gasteiger partial charge in [0.1, 0.15) is 16.7 Å². The fourth-order valence-corrected chi connectivity index (χ4v) is 2.82. The summed E-state index contributed by atoms with van der Waals surface area (Å²) in [5, 5.41) is 9.26. The largest absolute Gasteiger partial charge is 0.493 e. The third-order valence-electron chi connectivity index (χ3n) is 4.18. The van der Waals surface area contributed by atoms with E-state index in [1.807, 2.05) is 0 Å². The van der Waals surface area contributed by atoms with E-state index in [-0.39, 0.29) is 11.3 Å². The van der Waals surface area contributed by atoms with E-state index in [1.54, 1.807) is 18.2 Å². The average molecular weight is 346 g/mol. The van der Waals surface area contributed by atoms with Crippen molar-refractivity contribution in [2.24, 2.45) is 0 Å². The molecule has 25 heavy (non-hydrogen) atoms. The van der Waals surface area contributed by atoms with Crippen LogP contribution in [0.2, 0.25) is 0 Å². The topological polar surface area (TPSA) is 76.7 Å². The van der Waals surface area contributed by atoms with Crippen molar-refractivity contribution in [3.63, 3.8) is 0 Å². The number of carboxylic acids is 1. The maximum absolute atomic E-state index is 12.2. The third-order valence-corrected chi connectivity index (χ3v) is 4.18. The van der Waals surface area contributed by atoms with E-state index >= 15 is 0 Å². The van der Waals surface area contributed by atoms with Crippen molar-refractivity contribution in [1.82, 2.24) is 0 Å². The first-order chi connectivity index (χ1) is 12.1. The number of hydrogen-bond acceptors (Lipinski definition) is 4. The Hall–Kier alpha value is -2.30. The summed E-state index contributed by atoms with van der Waals surface area (Å²) < 4.78 is 11.0. The van der Waals surface area contributed by atoms with E-state index in [1.165, 1.54) is 38.5 Å². The Morgan fingerprint density at radius 1 is 1.08 bits per heavy atom. The minimum Gasteiger partial charge on any atom is -0.493 e. The molecule has 0 amide bonds. The van der Waals surface area contributed by atoms with Crippen LogP contribution in [0.1, 0.15) is 68.8 Å². The van der Waals surface area contributed by atoms with Gasteiger partial charge in [0.05, 0.1) is 6.61 Å². The van der Waals surface area contributed by atoms with Crippen LogP contribution in [0.4, 0.5) is 0 Å². The molecule has 0 saturated carbocycles. The van der Waals surface area contributed by atoms with Crippen molar-refractivity contribution in [3.05, 3.63) is 40.2 Å². The zero-order valence-corrected chi connectivity index (χ0v) is 14.8. The predicted octanol–water partition coefficient (Wildman–Crippen LogP) is 5.01. The van der Waals surface area contributed by atoms with Crippen LogP contribution in [0.3, 0.4) is 0 Å². The van der Waals surface area contributed by atoms with Gasteiger partial charge in [-0.15, -0.1) is 0 Å². The van der Waals surface area contributed by atoms with E-state index in [2.05, 4.69) is 6.92 Å². The summed E-state index contributed by atoms with van der Waals surface area (Å²) in [4.78, 5) is 23.2. The number of carbonyl (C=O) groups is 1. The summed E-state index contributed by atoms with van der Waals surface area (Å²) in [5.74, 6) is -1.17. The molecule has 5 nitrogen and oxygen atoms in total. The lowest BCUT2D eigenvalue weighted by atomic mass is 10.1. The number of rotatable bonds is 11. The van der Waals surface area contributed by atoms with Gasteiger partial charge in [0, 0.05) is 6.07 Å². The van der Waals surface area contributed by atoms with E-state index in [0.29, 0.717) is 17.7 Å². The lowest BCUT2D eigenvalue weighted by molar-refractivity contribution is 0.0663. The molecule has 0 fully saturated rings. The van der Waals surface area contributed by atoms with Crippen molar-refractivity contribution in [1.29, 1.82) is 0 Å². The molecule has 0 aliphatic carbocycles. The highest BCUT2D eigenvalue weighted by atomic mass is 16.5. The van der Waals surface area contributed by atoms with Crippen LogP contribution in [0.5, 0.6) is 5.75 Å². The van der Waals surface area contributed by atoms with E-state index in [4.69, 9.17) is 14.3 Å². The Kier molecular flexibility index (Phi) is 7.51. The molecule has 1 N–H and O–H groups in total. The number of aromatic carboxylic acids is 1. The fourth-order valence-electron chi connectivity index (χ4n) is 2.82. The molecular weight excluding hydrogens is 320 g/mol. The second kappa shape index (κ2) is 9.87. The maximum Gasteiger partial charge on any atom is 0.371 e. The standard InChI is InChI=1S/C20H26O5/c1-2-3-4-5-6-7-8-9-13-24-16-11-10-12-17-19(16)15(21)14-18(25-17)20(22)23/h10-12,14H,2-9,13H2,1H3,(H,22,23). The first-order valence-corrected chi connectivity index (χ1v) is 9.06. The van der Waals surface area contributed by atoms with Crippen LogP contribution in [0, 0.1) is 0 Å². The molecule has 0 saturated heterocycles. The van der Waals surface area contributed by atoms with Gasteiger partial charge in [-0.05, 0) is 18.6 Å².